The number of rotatable bonds is 3. The summed E-state index contributed by atoms with van der Waals surface area (Å²) in [5.74, 6) is -2.74. The first-order chi connectivity index (χ1) is 10.5. The molecule has 3 rings (SSSR count). The third kappa shape index (κ3) is 2.78. The number of halogens is 2. The zero-order chi connectivity index (χ0) is 15.7. The zero-order valence-corrected chi connectivity index (χ0v) is 11.9. The Balaban J connectivity index is 2.09. The summed E-state index contributed by atoms with van der Waals surface area (Å²) in [4.78, 5) is 15.7. The molecule has 22 heavy (non-hydrogen) atoms. The zero-order valence-electron chi connectivity index (χ0n) is 11.0. The van der Waals surface area contributed by atoms with Gasteiger partial charge in [0.05, 0.1) is 11.5 Å². The average molecular weight is 316 g/mol. The van der Waals surface area contributed by atoms with E-state index in [1.165, 1.54) is 12.1 Å². The van der Waals surface area contributed by atoms with Crippen molar-refractivity contribution in [3.8, 4) is 0 Å². The van der Waals surface area contributed by atoms with Crippen molar-refractivity contribution in [3.05, 3.63) is 65.7 Å². The van der Waals surface area contributed by atoms with E-state index in [0.29, 0.717) is 15.9 Å². The number of carboxylic acids is 1. The van der Waals surface area contributed by atoms with E-state index in [-0.39, 0.29) is 10.5 Å². The number of nitrogens with zero attached hydrogens (tertiary/aromatic N) is 1. The number of hydrogen-bond donors (Lipinski definition) is 0. The van der Waals surface area contributed by atoms with Crippen molar-refractivity contribution in [2.75, 3.05) is 0 Å². The summed E-state index contributed by atoms with van der Waals surface area (Å²) >= 11 is 0.925. The second kappa shape index (κ2) is 5.73. The maximum atomic E-state index is 13.7. The molecule has 0 aliphatic carbocycles. The van der Waals surface area contributed by atoms with E-state index in [2.05, 4.69) is 4.98 Å². The highest BCUT2D eigenvalue weighted by atomic mass is 32.2. The summed E-state index contributed by atoms with van der Waals surface area (Å²) in [5, 5.41) is 12.0. The van der Waals surface area contributed by atoms with Crippen molar-refractivity contribution in [2.24, 2.45) is 0 Å². The van der Waals surface area contributed by atoms with Gasteiger partial charge in [0, 0.05) is 21.9 Å². The predicted molar refractivity (Wildman–Crippen MR) is 76.6 cm³/mol. The molecule has 0 atom stereocenters. The quantitative estimate of drug-likeness (QED) is 0.745. The number of carboxylic acid groups (broad SMARTS) is 1. The lowest BCUT2D eigenvalue weighted by molar-refractivity contribution is -0.254. The van der Waals surface area contributed by atoms with Crippen LogP contribution in [0.3, 0.4) is 0 Å². The molecular formula is C16H8F2NO2S-. The summed E-state index contributed by atoms with van der Waals surface area (Å²) < 4.78 is 26.6. The monoisotopic (exact) mass is 316 g/mol. The van der Waals surface area contributed by atoms with Crippen molar-refractivity contribution < 1.29 is 18.7 Å². The summed E-state index contributed by atoms with van der Waals surface area (Å²) in [6.07, 6.45) is 0. The molecule has 0 aliphatic heterocycles. The minimum absolute atomic E-state index is 0.0179. The summed E-state index contributed by atoms with van der Waals surface area (Å²) in [6.45, 7) is 0. The second-order valence-electron chi connectivity index (χ2n) is 4.49. The van der Waals surface area contributed by atoms with Gasteiger partial charge >= 0.3 is 0 Å². The third-order valence-electron chi connectivity index (χ3n) is 3.02. The fourth-order valence-corrected chi connectivity index (χ4v) is 2.88. The molecule has 0 bridgehead atoms. The molecule has 0 spiro atoms. The molecule has 0 fully saturated rings. The fraction of sp³-hybridized carbons (Fsp3) is 0. The van der Waals surface area contributed by atoms with E-state index in [9.17, 15) is 18.7 Å². The van der Waals surface area contributed by atoms with Gasteiger partial charge in [0.15, 0.2) is 0 Å². The van der Waals surface area contributed by atoms with Gasteiger partial charge in [-0.3, -0.25) is 0 Å². The Morgan fingerprint density at radius 3 is 2.59 bits per heavy atom. The lowest BCUT2D eigenvalue weighted by atomic mass is 10.1. The fourth-order valence-electron chi connectivity index (χ4n) is 2.04. The van der Waals surface area contributed by atoms with Crippen LogP contribution in [0.2, 0.25) is 0 Å². The maximum absolute atomic E-state index is 13.7. The number of aromatic nitrogens is 1. The SMILES string of the molecule is O=C([O-])c1cc(Sc2ccc(F)cc2F)nc2ccccc12. The van der Waals surface area contributed by atoms with Gasteiger partial charge in [0.1, 0.15) is 16.7 Å². The normalized spacial score (nSPS) is 10.8. The molecule has 0 saturated carbocycles. The number of carbonyl (C=O) groups is 1. The molecule has 3 aromatic rings. The van der Waals surface area contributed by atoms with Gasteiger partial charge in [0.2, 0.25) is 0 Å². The highest BCUT2D eigenvalue weighted by Gasteiger charge is 2.10. The van der Waals surface area contributed by atoms with E-state index >= 15 is 0 Å². The number of fused-ring (bicyclic) bond motifs is 1. The van der Waals surface area contributed by atoms with Gasteiger partial charge in [-0.1, -0.05) is 30.0 Å². The van der Waals surface area contributed by atoms with E-state index in [1.807, 2.05) is 0 Å². The first-order valence-electron chi connectivity index (χ1n) is 6.28. The standard InChI is InChI=1S/C16H9F2NO2S/c17-9-5-6-14(12(18)7-9)22-15-8-11(16(20)21)10-3-1-2-4-13(10)19-15/h1-8H,(H,20,21)/p-1. The van der Waals surface area contributed by atoms with Crippen LogP contribution in [0.4, 0.5) is 8.78 Å². The molecule has 1 aromatic heterocycles. The molecule has 1 heterocycles. The Kier molecular flexibility index (Phi) is 3.77. The Hall–Kier alpha value is -2.47. The Bertz CT molecular complexity index is 883. The lowest BCUT2D eigenvalue weighted by Gasteiger charge is -2.10. The van der Waals surface area contributed by atoms with Crippen LogP contribution in [-0.4, -0.2) is 11.0 Å². The van der Waals surface area contributed by atoms with Crippen molar-refractivity contribution in [3.63, 3.8) is 0 Å². The molecular weight excluding hydrogens is 308 g/mol. The van der Waals surface area contributed by atoms with Crippen LogP contribution in [0.25, 0.3) is 10.9 Å². The highest BCUT2D eigenvalue weighted by Crippen LogP contribution is 2.31. The minimum atomic E-state index is -1.33. The maximum Gasteiger partial charge on any atom is 0.140 e. The van der Waals surface area contributed by atoms with Gasteiger partial charge in [-0.15, -0.1) is 0 Å². The van der Waals surface area contributed by atoms with Crippen LogP contribution in [0, 0.1) is 11.6 Å². The minimum Gasteiger partial charge on any atom is -0.545 e. The van der Waals surface area contributed by atoms with Crippen molar-refractivity contribution in [1.29, 1.82) is 0 Å². The van der Waals surface area contributed by atoms with Crippen LogP contribution in [-0.2, 0) is 0 Å². The molecule has 0 unspecified atom stereocenters. The summed E-state index contributed by atoms with van der Waals surface area (Å²) in [5.41, 5.74) is 0.449. The molecule has 3 nitrogen and oxygen atoms in total. The smallest absolute Gasteiger partial charge is 0.140 e. The topological polar surface area (TPSA) is 53.0 Å². The second-order valence-corrected chi connectivity index (χ2v) is 5.55. The highest BCUT2D eigenvalue weighted by molar-refractivity contribution is 7.99. The van der Waals surface area contributed by atoms with Crippen LogP contribution >= 0.6 is 11.8 Å². The van der Waals surface area contributed by atoms with Gasteiger partial charge in [-0.25, -0.2) is 13.8 Å². The summed E-state index contributed by atoms with van der Waals surface area (Å²) in [6, 6.07) is 11.2. The molecule has 6 heteroatoms. The first-order valence-corrected chi connectivity index (χ1v) is 7.10. The van der Waals surface area contributed by atoms with Crippen LogP contribution < -0.4 is 5.11 Å². The Morgan fingerprint density at radius 1 is 1.09 bits per heavy atom. The van der Waals surface area contributed by atoms with E-state index < -0.39 is 17.6 Å². The first kappa shape index (κ1) is 14.5. The largest absolute Gasteiger partial charge is 0.545 e. The molecule has 0 aliphatic rings. The van der Waals surface area contributed by atoms with E-state index in [0.717, 1.165) is 23.9 Å². The van der Waals surface area contributed by atoms with Crippen LogP contribution in [0.5, 0.6) is 0 Å². The molecule has 0 radical (unpaired) electrons. The van der Waals surface area contributed by atoms with Crippen LogP contribution in [0.1, 0.15) is 10.4 Å². The number of benzene rings is 2. The Morgan fingerprint density at radius 2 is 1.86 bits per heavy atom. The Labute approximate surface area is 128 Å². The van der Waals surface area contributed by atoms with Gasteiger partial charge < -0.3 is 9.90 Å². The van der Waals surface area contributed by atoms with Crippen molar-refractivity contribution in [2.45, 2.75) is 9.92 Å². The van der Waals surface area contributed by atoms with Gasteiger partial charge in [-0.05, 0) is 24.3 Å². The van der Waals surface area contributed by atoms with Crippen LogP contribution in [0.15, 0.2) is 58.5 Å². The molecule has 2 aromatic carbocycles. The van der Waals surface area contributed by atoms with Gasteiger partial charge in [0.25, 0.3) is 0 Å². The number of carbonyl (C=O) groups excluding carboxylic acids is 1. The number of pyridine rings is 1. The number of hydrogen-bond acceptors (Lipinski definition) is 4. The molecule has 0 saturated heterocycles. The lowest BCUT2D eigenvalue weighted by Crippen LogP contribution is -2.22. The summed E-state index contributed by atoms with van der Waals surface area (Å²) in [7, 11) is 0. The number of aromatic carboxylic acids is 1. The molecule has 0 N–H and O–H groups in total. The van der Waals surface area contributed by atoms with Gasteiger partial charge in [-0.2, -0.15) is 0 Å². The van der Waals surface area contributed by atoms with Crippen molar-refractivity contribution >= 4 is 28.6 Å². The average Bonchev–Trinajstić information content (AvgIpc) is 2.49. The number of para-hydroxylation sites is 1. The van der Waals surface area contributed by atoms with Crippen molar-refractivity contribution in [1.82, 2.24) is 4.98 Å². The predicted octanol–water partition coefficient (Wildman–Crippen LogP) is 3.03. The van der Waals surface area contributed by atoms with E-state index in [4.69, 9.17) is 0 Å². The third-order valence-corrected chi connectivity index (χ3v) is 3.99. The molecule has 110 valence electrons. The van der Waals surface area contributed by atoms with E-state index in [1.54, 1.807) is 24.3 Å². The molecule has 0 amide bonds.